The molecule has 3 aromatic rings. The summed E-state index contributed by atoms with van der Waals surface area (Å²) in [4.78, 5) is 21.3. The van der Waals surface area contributed by atoms with Gasteiger partial charge in [0.25, 0.3) is 0 Å². The lowest BCUT2D eigenvalue weighted by Crippen LogP contribution is -2.08. The lowest BCUT2D eigenvalue weighted by Gasteiger charge is -2.06. The van der Waals surface area contributed by atoms with Crippen molar-refractivity contribution in [2.75, 3.05) is 0 Å². The molecule has 2 aromatic carbocycles. The summed E-state index contributed by atoms with van der Waals surface area (Å²) in [6.45, 7) is 2.24. The van der Waals surface area contributed by atoms with E-state index >= 15 is 0 Å². The van der Waals surface area contributed by atoms with Gasteiger partial charge in [-0.15, -0.1) is 0 Å². The highest BCUT2D eigenvalue weighted by atomic mass is 19.1. The Kier molecular flexibility index (Phi) is 9.72. The van der Waals surface area contributed by atoms with Crippen LogP contribution in [0.4, 0.5) is 4.39 Å². The van der Waals surface area contributed by atoms with Gasteiger partial charge in [0.2, 0.25) is 0 Å². The Morgan fingerprint density at radius 3 is 2.21 bits per heavy atom. The van der Waals surface area contributed by atoms with Crippen LogP contribution in [0.15, 0.2) is 54.9 Å². The Labute approximate surface area is 200 Å². The van der Waals surface area contributed by atoms with Crippen molar-refractivity contribution in [3.63, 3.8) is 0 Å². The summed E-state index contributed by atoms with van der Waals surface area (Å²) in [5.74, 6) is -0.710. The molecule has 0 N–H and O–H groups in total. The number of nitriles is 1. The first-order valence-electron chi connectivity index (χ1n) is 11.9. The van der Waals surface area contributed by atoms with E-state index in [2.05, 4.69) is 16.9 Å². The molecule has 176 valence electrons. The highest BCUT2D eigenvalue weighted by molar-refractivity contribution is 5.91. The zero-order valence-corrected chi connectivity index (χ0v) is 19.6. The van der Waals surface area contributed by atoms with Crippen LogP contribution in [-0.4, -0.2) is 15.9 Å². The maximum atomic E-state index is 13.7. The highest BCUT2D eigenvalue weighted by Gasteiger charge is 2.12. The maximum Gasteiger partial charge on any atom is 0.343 e. The maximum absolute atomic E-state index is 13.7. The molecule has 34 heavy (non-hydrogen) atoms. The molecule has 0 fully saturated rings. The lowest BCUT2D eigenvalue weighted by atomic mass is 10.1. The minimum absolute atomic E-state index is 0.0426. The van der Waals surface area contributed by atoms with Crippen molar-refractivity contribution >= 4 is 5.97 Å². The molecule has 0 saturated heterocycles. The number of carbonyl (C=O) groups excluding carboxylic acids is 1. The smallest absolute Gasteiger partial charge is 0.343 e. The van der Waals surface area contributed by atoms with Gasteiger partial charge in [-0.05, 0) is 42.7 Å². The van der Waals surface area contributed by atoms with Crippen molar-refractivity contribution in [3.8, 4) is 23.2 Å². The van der Waals surface area contributed by atoms with Crippen molar-refractivity contribution in [1.82, 2.24) is 9.97 Å². The highest BCUT2D eigenvalue weighted by Crippen LogP contribution is 2.20. The van der Waals surface area contributed by atoms with Gasteiger partial charge in [0.1, 0.15) is 17.6 Å². The molecular formula is C28H30FN3O2. The van der Waals surface area contributed by atoms with Gasteiger partial charge in [0.05, 0.1) is 11.1 Å². The van der Waals surface area contributed by atoms with Crippen LogP contribution < -0.4 is 4.74 Å². The first-order valence-corrected chi connectivity index (χ1v) is 11.9. The molecule has 6 heteroatoms. The van der Waals surface area contributed by atoms with Crippen LogP contribution in [0.5, 0.6) is 5.75 Å². The molecule has 0 radical (unpaired) electrons. The van der Waals surface area contributed by atoms with Crippen LogP contribution in [0.3, 0.4) is 0 Å². The summed E-state index contributed by atoms with van der Waals surface area (Å²) in [6.07, 6.45) is 15.0. The minimum Gasteiger partial charge on any atom is -0.423 e. The normalized spacial score (nSPS) is 10.6. The summed E-state index contributed by atoms with van der Waals surface area (Å²) in [6, 6.07) is 12.2. The molecule has 1 heterocycles. The molecule has 0 bridgehead atoms. The standard InChI is InChI=1S/C28H30FN3O2/c1-2-3-4-5-6-7-8-9-10-21-19-31-27(32-20-21)22-11-13-23(14-12-22)28(33)34-25-16-15-24(18-30)26(29)17-25/h11-17,19-20H,2-10H2,1H3. The second kappa shape index (κ2) is 13.2. The predicted octanol–water partition coefficient (Wildman–Crippen LogP) is 7.06. The molecule has 0 spiro atoms. The minimum atomic E-state index is -0.730. The van der Waals surface area contributed by atoms with Crippen molar-refractivity contribution in [1.29, 1.82) is 5.26 Å². The molecule has 0 unspecified atom stereocenters. The number of unbranched alkanes of at least 4 members (excludes halogenated alkanes) is 7. The Balaban J connectivity index is 1.48. The number of hydrogen-bond acceptors (Lipinski definition) is 5. The largest absolute Gasteiger partial charge is 0.423 e. The van der Waals surface area contributed by atoms with Gasteiger partial charge in [-0.1, -0.05) is 64.0 Å². The van der Waals surface area contributed by atoms with Gasteiger partial charge in [-0.2, -0.15) is 5.26 Å². The topological polar surface area (TPSA) is 75.9 Å². The number of ether oxygens (including phenoxy) is 1. The van der Waals surface area contributed by atoms with Gasteiger partial charge in [-0.25, -0.2) is 19.2 Å². The zero-order valence-electron chi connectivity index (χ0n) is 19.6. The quantitative estimate of drug-likeness (QED) is 0.165. The molecule has 0 aliphatic carbocycles. The summed E-state index contributed by atoms with van der Waals surface area (Å²) in [5.41, 5.74) is 2.14. The van der Waals surface area contributed by atoms with E-state index in [1.54, 1.807) is 30.3 Å². The van der Waals surface area contributed by atoms with Gasteiger partial charge in [0.15, 0.2) is 5.82 Å². The Morgan fingerprint density at radius 2 is 1.59 bits per heavy atom. The summed E-state index contributed by atoms with van der Waals surface area (Å²) < 4.78 is 18.9. The second-order valence-electron chi connectivity index (χ2n) is 8.36. The van der Waals surface area contributed by atoms with E-state index in [4.69, 9.17) is 10.00 Å². The third-order valence-electron chi connectivity index (χ3n) is 5.67. The van der Waals surface area contributed by atoms with Crippen LogP contribution in [0, 0.1) is 17.1 Å². The van der Waals surface area contributed by atoms with E-state index in [9.17, 15) is 9.18 Å². The Hall–Kier alpha value is -3.59. The molecule has 3 rings (SSSR count). The second-order valence-corrected chi connectivity index (χ2v) is 8.36. The van der Waals surface area contributed by atoms with E-state index in [1.807, 2.05) is 12.4 Å². The first kappa shape index (κ1) is 25.0. The number of aromatic nitrogens is 2. The fourth-order valence-electron chi connectivity index (χ4n) is 3.67. The average Bonchev–Trinajstić information content (AvgIpc) is 2.86. The van der Waals surface area contributed by atoms with Gasteiger partial charge in [-0.3, -0.25) is 0 Å². The van der Waals surface area contributed by atoms with Crippen LogP contribution >= 0.6 is 0 Å². The van der Waals surface area contributed by atoms with Crippen molar-refractivity contribution < 1.29 is 13.9 Å². The summed E-state index contributed by atoms with van der Waals surface area (Å²) in [7, 11) is 0. The molecule has 5 nitrogen and oxygen atoms in total. The van der Waals surface area contributed by atoms with Crippen LogP contribution in [0.25, 0.3) is 11.4 Å². The van der Waals surface area contributed by atoms with E-state index in [0.29, 0.717) is 11.4 Å². The third-order valence-corrected chi connectivity index (χ3v) is 5.67. The number of halogens is 1. The number of carbonyl (C=O) groups is 1. The number of rotatable bonds is 12. The number of nitrogens with zero attached hydrogens (tertiary/aromatic N) is 3. The van der Waals surface area contributed by atoms with E-state index < -0.39 is 11.8 Å². The summed E-state index contributed by atoms with van der Waals surface area (Å²) >= 11 is 0. The van der Waals surface area contributed by atoms with Crippen molar-refractivity contribution in [2.24, 2.45) is 0 Å². The molecule has 0 aliphatic heterocycles. The molecule has 0 aliphatic rings. The fourth-order valence-corrected chi connectivity index (χ4v) is 3.67. The third kappa shape index (κ3) is 7.48. The van der Waals surface area contributed by atoms with Crippen LogP contribution in [0.2, 0.25) is 0 Å². The SMILES string of the molecule is CCCCCCCCCCc1cnc(-c2ccc(C(=O)Oc3ccc(C#N)c(F)c3)cc2)nc1. The number of benzene rings is 2. The number of aryl methyl sites for hydroxylation is 1. The van der Waals surface area contributed by atoms with Crippen molar-refractivity contribution in [2.45, 2.75) is 64.7 Å². The summed E-state index contributed by atoms with van der Waals surface area (Å²) in [5, 5.41) is 8.78. The van der Waals surface area contributed by atoms with E-state index in [-0.39, 0.29) is 11.3 Å². The number of esters is 1. The van der Waals surface area contributed by atoms with Gasteiger partial charge in [0, 0.05) is 24.0 Å². The van der Waals surface area contributed by atoms with Crippen molar-refractivity contribution in [3.05, 3.63) is 77.4 Å². The van der Waals surface area contributed by atoms with E-state index in [0.717, 1.165) is 30.0 Å². The van der Waals surface area contributed by atoms with Gasteiger partial charge < -0.3 is 4.74 Å². The monoisotopic (exact) mass is 459 g/mol. The van der Waals surface area contributed by atoms with E-state index in [1.165, 1.54) is 57.1 Å². The fraction of sp³-hybridized carbons (Fsp3) is 0.357. The zero-order chi connectivity index (χ0) is 24.2. The Bertz CT molecular complexity index is 1110. The molecule has 0 atom stereocenters. The lowest BCUT2D eigenvalue weighted by molar-refractivity contribution is 0.0734. The van der Waals surface area contributed by atoms with Gasteiger partial charge >= 0.3 is 5.97 Å². The first-order chi connectivity index (χ1) is 16.6. The molecule has 0 amide bonds. The Morgan fingerprint density at radius 1 is 0.941 bits per heavy atom. The number of hydrogen-bond donors (Lipinski definition) is 0. The molecule has 1 aromatic heterocycles. The van der Waals surface area contributed by atoms with Crippen LogP contribution in [-0.2, 0) is 6.42 Å². The predicted molar refractivity (Wildman–Crippen MR) is 130 cm³/mol. The molecule has 0 saturated carbocycles. The molecular weight excluding hydrogens is 429 g/mol. The average molecular weight is 460 g/mol. The van der Waals surface area contributed by atoms with Crippen LogP contribution in [0.1, 0.15) is 79.8 Å².